The number of carbonyl (C=O) groups excluding carboxylic acids is 3. The van der Waals surface area contributed by atoms with Gasteiger partial charge in [0.1, 0.15) is 11.1 Å². The molecule has 0 spiro atoms. The molecule has 5 rings (SSSR count). The number of halogens is 1. The predicted octanol–water partition coefficient (Wildman–Crippen LogP) is 2.46. The van der Waals surface area contributed by atoms with E-state index in [-0.39, 0.29) is 36.8 Å². The maximum absolute atomic E-state index is 15.7. The van der Waals surface area contributed by atoms with Gasteiger partial charge in [0.25, 0.3) is 0 Å². The average Bonchev–Trinajstić information content (AvgIpc) is 3.39. The number of amides is 4. The van der Waals surface area contributed by atoms with Crippen LogP contribution in [0.2, 0.25) is 0 Å². The van der Waals surface area contributed by atoms with Crippen LogP contribution in [0.4, 0.5) is 25.5 Å². The van der Waals surface area contributed by atoms with E-state index in [2.05, 4.69) is 10.4 Å². The van der Waals surface area contributed by atoms with E-state index >= 15 is 4.39 Å². The van der Waals surface area contributed by atoms with Crippen molar-refractivity contribution in [3.63, 3.8) is 0 Å². The van der Waals surface area contributed by atoms with Crippen molar-refractivity contribution in [2.45, 2.75) is 32.8 Å². The highest BCUT2D eigenvalue weighted by Gasteiger charge is 2.43. The third-order valence-electron chi connectivity index (χ3n) is 6.69. The molecule has 34 heavy (non-hydrogen) atoms. The Morgan fingerprint density at radius 2 is 1.82 bits per heavy atom. The fourth-order valence-electron chi connectivity index (χ4n) is 5.17. The topological polar surface area (TPSA) is 100 Å². The van der Waals surface area contributed by atoms with Gasteiger partial charge in [0.2, 0.25) is 5.91 Å². The van der Waals surface area contributed by atoms with Gasteiger partial charge in [-0.2, -0.15) is 5.10 Å². The van der Waals surface area contributed by atoms with Crippen LogP contribution in [0.3, 0.4) is 0 Å². The van der Waals surface area contributed by atoms with Crippen LogP contribution in [0.1, 0.15) is 27.2 Å². The molecule has 0 saturated carbocycles. The van der Waals surface area contributed by atoms with Crippen molar-refractivity contribution in [1.82, 2.24) is 20.0 Å². The zero-order valence-electron chi connectivity index (χ0n) is 19.8. The normalized spacial score (nSPS) is 23.0. The highest BCUT2D eigenvalue weighted by atomic mass is 19.1. The van der Waals surface area contributed by atoms with E-state index < -0.39 is 17.4 Å². The Bertz CT molecular complexity index is 1170. The number of nitrogens with zero attached hydrogens (tertiary/aromatic N) is 5. The van der Waals surface area contributed by atoms with Gasteiger partial charge < -0.3 is 14.5 Å². The van der Waals surface area contributed by atoms with Gasteiger partial charge in [-0.3, -0.25) is 19.7 Å². The Morgan fingerprint density at radius 3 is 2.44 bits per heavy atom. The monoisotopic (exact) mass is 472 g/mol. The lowest BCUT2D eigenvalue weighted by Gasteiger charge is -2.27. The molecule has 182 valence electrons. The fourth-order valence-corrected chi connectivity index (χ4v) is 5.17. The molecule has 3 fully saturated rings. The van der Waals surface area contributed by atoms with Crippen molar-refractivity contribution < 1.29 is 23.5 Å². The number of anilines is 2. The minimum absolute atomic E-state index is 0.168. The smallest absolute Gasteiger partial charge is 0.410 e. The maximum atomic E-state index is 15.7. The molecule has 3 saturated heterocycles. The van der Waals surface area contributed by atoms with Gasteiger partial charge in [-0.1, -0.05) is 0 Å². The molecule has 4 amide bonds. The van der Waals surface area contributed by atoms with E-state index in [4.69, 9.17) is 4.74 Å². The summed E-state index contributed by atoms with van der Waals surface area (Å²) >= 11 is 0. The van der Waals surface area contributed by atoms with Gasteiger partial charge in [0, 0.05) is 63.4 Å². The van der Waals surface area contributed by atoms with Gasteiger partial charge in [-0.05, 0) is 32.9 Å². The van der Waals surface area contributed by atoms with Gasteiger partial charge >= 0.3 is 12.1 Å². The van der Waals surface area contributed by atoms with Crippen molar-refractivity contribution in [3.8, 4) is 0 Å². The molecule has 2 unspecified atom stereocenters. The fraction of sp³-hybridized carbons (Fsp3) is 0.565. The largest absolute Gasteiger partial charge is 0.444 e. The molecule has 1 aromatic carbocycles. The molecule has 2 aromatic rings. The maximum Gasteiger partial charge on any atom is 0.410 e. The molecule has 0 bridgehead atoms. The zero-order chi connectivity index (χ0) is 24.4. The molecular formula is C23H29FN6O4. The quantitative estimate of drug-likeness (QED) is 0.721. The van der Waals surface area contributed by atoms with Crippen molar-refractivity contribution in [3.05, 3.63) is 17.9 Å². The number of aromatic nitrogens is 2. The second-order valence-corrected chi connectivity index (χ2v) is 10.3. The lowest BCUT2D eigenvalue weighted by molar-refractivity contribution is -0.120. The van der Waals surface area contributed by atoms with E-state index in [0.29, 0.717) is 48.6 Å². The van der Waals surface area contributed by atoms with E-state index in [9.17, 15) is 14.4 Å². The Labute approximate surface area is 196 Å². The van der Waals surface area contributed by atoms with Crippen LogP contribution in [0.15, 0.2) is 12.1 Å². The van der Waals surface area contributed by atoms with E-state index in [0.717, 1.165) is 0 Å². The molecule has 11 heteroatoms. The summed E-state index contributed by atoms with van der Waals surface area (Å²) < 4.78 is 22.7. The number of fused-ring (bicyclic) bond motifs is 2. The Morgan fingerprint density at radius 1 is 1.15 bits per heavy atom. The van der Waals surface area contributed by atoms with Crippen molar-refractivity contribution in [1.29, 1.82) is 0 Å². The number of ether oxygens (including phenoxy) is 1. The van der Waals surface area contributed by atoms with Crippen molar-refractivity contribution in [2.75, 3.05) is 42.5 Å². The molecule has 0 radical (unpaired) electrons. The predicted molar refractivity (Wildman–Crippen MR) is 123 cm³/mol. The lowest BCUT2D eigenvalue weighted by atomic mass is 10.0. The average molecular weight is 473 g/mol. The highest BCUT2D eigenvalue weighted by Crippen LogP contribution is 2.38. The van der Waals surface area contributed by atoms with Crippen LogP contribution in [0.25, 0.3) is 10.9 Å². The number of benzene rings is 1. The Kier molecular flexibility index (Phi) is 5.18. The summed E-state index contributed by atoms with van der Waals surface area (Å²) in [5.41, 5.74) is 0.259. The molecule has 4 heterocycles. The Hall–Kier alpha value is -3.37. The van der Waals surface area contributed by atoms with Crippen molar-refractivity contribution in [2.24, 2.45) is 18.9 Å². The second-order valence-electron chi connectivity index (χ2n) is 10.3. The SMILES string of the molecule is Cn1nc(N2CCC(=O)NC2=O)c2ccc(N3CC4CN(C(=O)OC(C)(C)C)CC4C3)c(F)c21. The highest BCUT2D eigenvalue weighted by molar-refractivity contribution is 6.09. The molecule has 1 aromatic heterocycles. The van der Waals surface area contributed by atoms with Crippen LogP contribution in [-0.4, -0.2) is 71.0 Å². The molecule has 3 aliphatic heterocycles. The van der Waals surface area contributed by atoms with Crippen molar-refractivity contribution >= 4 is 40.4 Å². The number of hydrogen-bond acceptors (Lipinski definition) is 6. The third kappa shape index (κ3) is 3.82. The first-order chi connectivity index (χ1) is 16.0. The zero-order valence-corrected chi connectivity index (χ0v) is 19.8. The van der Waals surface area contributed by atoms with Gasteiger partial charge in [0.05, 0.1) is 5.69 Å². The number of likely N-dealkylation sites (tertiary alicyclic amines) is 1. The van der Waals surface area contributed by atoms with Crippen LogP contribution in [0.5, 0.6) is 0 Å². The minimum atomic E-state index is -0.553. The van der Waals surface area contributed by atoms with Crippen LogP contribution in [-0.2, 0) is 16.6 Å². The third-order valence-corrected chi connectivity index (χ3v) is 6.69. The number of carbonyl (C=O) groups is 3. The standard InChI is InChI=1S/C23H29FN6O4/c1-23(2,3)34-22(33)29-11-13-9-28(10-14(13)12-29)16-6-5-15-19(18(16)24)27(4)26-20(15)30-8-7-17(31)25-21(30)32/h5-6,13-14H,7-12H2,1-4H3,(H,25,31,32). The summed E-state index contributed by atoms with van der Waals surface area (Å²) in [4.78, 5) is 41.3. The van der Waals surface area contributed by atoms with Gasteiger partial charge in [-0.25, -0.2) is 14.0 Å². The summed E-state index contributed by atoms with van der Waals surface area (Å²) in [6.45, 7) is 8.24. The summed E-state index contributed by atoms with van der Waals surface area (Å²) in [6.07, 6.45) is -0.131. The van der Waals surface area contributed by atoms with Gasteiger partial charge in [-0.15, -0.1) is 0 Å². The summed E-state index contributed by atoms with van der Waals surface area (Å²) in [5, 5.41) is 7.18. The second kappa shape index (κ2) is 7.85. The number of aryl methyl sites for hydroxylation is 1. The lowest BCUT2D eigenvalue weighted by Crippen LogP contribution is -2.49. The minimum Gasteiger partial charge on any atom is -0.444 e. The number of imide groups is 1. The first-order valence-electron chi connectivity index (χ1n) is 11.5. The summed E-state index contributed by atoms with van der Waals surface area (Å²) in [6, 6.07) is 2.95. The molecular weight excluding hydrogens is 443 g/mol. The van der Waals surface area contributed by atoms with Crippen LogP contribution < -0.4 is 15.1 Å². The number of nitrogens with one attached hydrogen (secondary N) is 1. The molecule has 10 nitrogen and oxygen atoms in total. The van der Waals surface area contributed by atoms with Crippen LogP contribution in [0, 0.1) is 17.7 Å². The first-order valence-corrected chi connectivity index (χ1v) is 11.5. The Balaban J connectivity index is 1.35. The molecule has 3 aliphatic rings. The number of hydrogen-bond donors (Lipinski definition) is 1. The van der Waals surface area contributed by atoms with E-state index in [1.807, 2.05) is 25.7 Å². The first kappa shape index (κ1) is 22.4. The molecule has 1 N–H and O–H groups in total. The summed E-state index contributed by atoms with van der Waals surface area (Å²) in [7, 11) is 1.64. The number of rotatable bonds is 2. The van der Waals surface area contributed by atoms with E-state index in [1.165, 1.54) is 9.58 Å². The molecule has 0 aliphatic carbocycles. The van der Waals surface area contributed by atoms with E-state index in [1.54, 1.807) is 24.1 Å². The van der Waals surface area contributed by atoms with Crippen LogP contribution >= 0.6 is 0 Å². The van der Waals surface area contributed by atoms with Gasteiger partial charge in [0.15, 0.2) is 11.6 Å². The number of urea groups is 1. The summed E-state index contributed by atoms with van der Waals surface area (Å²) in [5.74, 6) is 0.105. The molecule has 2 atom stereocenters.